The van der Waals surface area contributed by atoms with E-state index >= 15 is 0 Å². The minimum absolute atomic E-state index is 0.333. The fourth-order valence-electron chi connectivity index (χ4n) is 7.54. The lowest BCUT2D eigenvalue weighted by molar-refractivity contribution is 0.180. The molecular formula is C35H44N8. The van der Waals surface area contributed by atoms with E-state index in [0.717, 1.165) is 50.3 Å². The Morgan fingerprint density at radius 1 is 0.884 bits per heavy atom. The van der Waals surface area contributed by atoms with Gasteiger partial charge in [0.25, 0.3) is 0 Å². The fourth-order valence-corrected chi connectivity index (χ4v) is 7.54. The number of fused-ring (bicyclic) bond motifs is 3. The zero-order chi connectivity index (χ0) is 29.3. The number of nitrogens with one attached hydrogen (secondary N) is 1. The van der Waals surface area contributed by atoms with Crippen LogP contribution in [0.4, 0.5) is 23.3 Å². The molecule has 4 aliphatic rings. The molecule has 2 bridgehead atoms. The zero-order valence-electron chi connectivity index (χ0n) is 25.6. The van der Waals surface area contributed by atoms with Gasteiger partial charge in [-0.05, 0) is 99.3 Å². The summed E-state index contributed by atoms with van der Waals surface area (Å²) in [6, 6.07) is 20.1. The predicted octanol–water partition coefficient (Wildman–Crippen LogP) is 6.72. The molecule has 1 fully saturated rings. The molecule has 8 rings (SSSR count). The topological polar surface area (TPSA) is 88.1 Å². The first-order valence-electron chi connectivity index (χ1n) is 16.3. The summed E-state index contributed by atoms with van der Waals surface area (Å²) in [5.41, 5.74) is 15.2. The number of hydrogen-bond donors (Lipinski definition) is 2. The van der Waals surface area contributed by atoms with Crippen molar-refractivity contribution in [3.63, 3.8) is 0 Å². The van der Waals surface area contributed by atoms with Crippen LogP contribution in [0.2, 0.25) is 0 Å². The van der Waals surface area contributed by atoms with Crippen molar-refractivity contribution >= 4 is 23.3 Å². The molecule has 2 aromatic carbocycles. The molecule has 3 N–H and O–H groups in total. The fraction of sp³-hybridized carbons (Fsp3) is 0.457. The van der Waals surface area contributed by atoms with Gasteiger partial charge in [0.1, 0.15) is 0 Å². The summed E-state index contributed by atoms with van der Waals surface area (Å²) in [6.07, 6.45) is 9.40. The van der Waals surface area contributed by atoms with Gasteiger partial charge in [0.05, 0.1) is 11.4 Å². The van der Waals surface area contributed by atoms with Crippen molar-refractivity contribution in [2.45, 2.75) is 77.2 Å². The second-order valence-corrected chi connectivity index (χ2v) is 12.5. The Balaban J connectivity index is 1.15. The predicted molar refractivity (Wildman–Crippen MR) is 176 cm³/mol. The van der Waals surface area contributed by atoms with Crippen LogP contribution in [0.1, 0.15) is 75.1 Å². The van der Waals surface area contributed by atoms with Crippen LogP contribution < -0.4 is 16.0 Å². The molecule has 2 aromatic heterocycles. The van der Waals surface area contributed by atoms with Crippen molar-refractivity contribution in [2.75, 3.05) is 42.1 Å². The quantitative estimate of drug-likeness (QED) is 0.214. The molecule has 1 saturated heterocycles. The van der Waals surface area contributed by atoms with Gasteiger partial charge in [0.15, 0.2) is 5.82 Å². The highest BCUT2D eigenvalue weighted by atomic mass is 15.4. The second kappa shape index (κ2) is 12.0. The highest BCUT2D eigenvalue weighted by molar-refractivity contribution is 5.83. The van der Waals surface area contributed by atoms with E-state index in [1.165, 1.54) is 72.4 Å². The van der Waals surface area contributed by atoms with Gasteiger partial charge < -0.3 is 20.9 Å². The molecule has 0 unspecified atom stereocenters. The number of pyridine rings is 1. The Hall–Kier alpha value is -3.91. The van der Waals surface area contributed by atoms with Gasteiger partial charge in [0.2, 0.25) is 11.9 Å². The highest BCUT2D eigenvalue weighted by Gasteiger charge is 2.35. The van der Waals surface area contributed by atoms with Crippen LogP contribution in [-0.4, -0.2) is 56.9 Å². The molecule has 8 nitrogen and oxygen atoms in total. The first kappa shape index (κ1) is 27.9. The molecule has 0 spiro atoms. The van der Waals surface area contributed by atoms with E-state index in [0.29, 0.717) is 23.9 Å². The molecule has 8 heteroatoms. The lowest BCUT2D eigenvalue weighted by Gasteiger charge is -2.42. The lowest BCUT2D eigenvalue weighted by Crippen LogP contribution is -2.40. The van der Waals surface area contributed by atoms with Crippen LogP contribution in [0.15, 0.2) is 54.6 Å². The van der Waals surface area contributed by atoms with Crippen LogP contribution in [0.3, 0.4) is 0 Å². The minimum atomic E-state index is 0.333. The maximum atomic E-state index is 6.49. The maximum Gasteiger partial charge on any atom is 0.248 e. The minimum Gasteiger partial charge on any atom is -0.370 e. The molecule has 0 radical (unpaired) electrons. The average Bonchev–Trinajstić information content (AvgIpc) is 3.27. The van der Waals surface area contributed by atoms with E-state index < -0.39 is 0 Å². The molecule has 4 aromatic rings. The van der Waals surface area contributed by atoms with Crippen LogP contribution in [-0.2, 0) is 12.8 Å². The van der Waals surface area contributed by atoms with Crippen molar-refractivity contribution in [3.8, 4) is 16.9 Å². The summed E-state index contributed by atoms with van der Waals surface area (Å²) >= 11 is 0. The number of nitrogen functional groups attached to an aromatic ring is 1. The SMILES string of the molecule is CCCN(CCC)[C@H]1CCc2ccc(Nc3nc(N)n(-c4cc(-c5ccccc5)c5c(n4)C4CCN5CC4)n3)cc2CC1. The van der Waals surface area contributed by atoms with E-state index in [-0.39, 0.29) is 0 Å². The number of aromatic nitrogens is 4. The summed E-state index contributed by atoms with van der Waals surface area (Å²) in [6.45, 7) is 9.16. The number of anilines is 4. The van der Waals surface area contributed by atoms with Crippen molar-refractivity contribution in [3.05, 3.63) is 71.4 Å². The third-order valence-corrected chi connectivity index (χ3v) is 9.63. The number of aryl methyl sites for hydroxylation is 2. The monoisotopic (exact) mass is 576 g/mol. The van der Waals surface area contributed by atoms with Gasteiger partial charge >= 0.3 is 0 Å². The lowest BCUT2D eigenvalue weighted by atomic mass is 9.84. The Bertz CT molecular complexity index is 1560. The van der Waals surface area contributed by atoms with E-state index in [9.17, 15) is 0 Å². The van der Waals surface area contributed by atoms with E-state index in [4.69, 9.17) is 15.8 Å². The van der Waals surface area contributed by atoms with Gasteiger partial charge in [0, 0.05) is 36.3 Å². The summed E-state index contributed by atoms with van der Waals surface area (Å²) in [7, 11) is 0. The number of benzene rings is 2. The van der Waals surface area contributed by atoms with Crippen molar-refractivity contribution in [1.82, 2.24) is 24.6 Å². The Labute approximate surface area is 255 Å². The maximum absolute atomic E-state index is 6.49. The van der Waals surface area contributed by atoms with Crippen LogP contribution >= 0.6 is 0 Å². The first-order valence-corrected chi connectivity index (χ1v) is 16.3. The third-order valence-electron chi connectivity index (χ3n) is 9.63. The molecular weight excluding hydrogens is 532 g/mol. The molecule has 5 heterocycles. The number of nitrogens with zero attached hydrogens (tertiary/aromatic N) is 6. The van der Waals surface area contributed by atoms with Crippen LogP contribution in [0.5, 0.6) is 0 Å². The standard InChI is InChI=1S/C35H44N8/c1-3-18-41(19-4-2)29-14-11-24-10-13-28(22-27(24)12-15-29)37-35-39-34(36)43(40-35)31-23-30(25-8-6-5-7-9-25)33-32(38-31)26-16-20-42(33)21-17-26/h5-10,13,22-23,26,29H,3-4,11-12,14-21H2,1-2H3,(H3,36,37,39,40)/t29-/m0/s1. The molecule has 0 saturated carbocycles. The zero-order valence-corrected chi connectivity index (χ0v) is 25.6. The normalized spacial score (nSPS) is 18.0. The number of rotatable bonds is 9. The van der Waals surface area contributed by atoms with Gasteiger partial charge in [-0.15, -0.1) is 5.10 Å². The number of nitrogens with two attached hydrogens (primary N) is 1. The molecule has 1 aliphatic carbocycles. The Morgan fingerprint density at radius 2 is 1.63 bits per heavy atom. The first-order chi connectivity index (χ1) is 21.1. The second-order valence-electron chi connectivity index (χ2n) is 12.5. The third kappa shape index (κ3) is 5.49. The van der Waals surface area contributed by atoms with Gasteiger partial charge in [-0.1, -0.05) is 50.2 Å². The summed E-state index contributed by atoms with van der Waals surface area (Å²) < 4.78 is 1.69. The molecule has 0 amide bonds. The van der Waals surface area contributed by atoms with E-state index in [2.05, 4.69) is 88.5 Å². The highest BCUT2D eigenvalue weighted by Crippen LogP contribution is 2.46. The van der Waals surface area contributed by atoms with Gasteiger partial charge in [-0.3, -0.25) is 0 Å². The van der Waals surface area contributed by atoms with Crippen LogP contribution in [0, 0.1) is 0 Å². The molecule has 224 valence electrons. The van der Waals surface area contributed by atoms with Crippen molar-refractivity contribution in [1.29, 1.82) is 0 Å². The molecule has 3 aliphatic heterocycles. The smallest absolute Gasteiger partial charge is 0.248 e. The Kier molecular flexibility index (Phi) is 7.78. The van der Waals surface area contributed by atoms with E-state index in [1.54, 1.807) is 4.68 Å². The van der Waals surface area contributed by atoms with Crippen molar-refractivity contribution < 1.29 is 0 Å². The van der Waals surface area contributed by atoms with Crippen LogP contribution in [0.25, 0.3) is 16.9 Å². The molecule has 1 atom stereocenters. The summed E-state index contributed by atoms with van der Waals surface area (Å²) in [5, 5.41) is 8.26. The van der Waals surface area contributed by atoms with E-state index in [1.807, 2.05) is 0 Å². The largest absolute Gasteiger partial charge is 0.370 e. The molecule has 43 heavy (non-hydrogen) atoms. The van der Waals surface area contributed by atoms with Gasteiger partial charge in [-0.2, -0.15) is 9.67 Å². The Morgan fingerprint density at radius 3 is 2.37 bits per heavy atom. The number of piperidine rings is 1. The summed E-state index contributed by atoms with van der Waals surface area (Å²) in [4.78, 5) is 15.0. The number of hydrogen-bond acceptors (Lipinski definition) is 7. The van der Waals surface area contributed by atoms with Gasteiger partial charge in [-0.25, -0.2) is 4.98 Å². The summed E-state index contributed by atoms with van der Waals surface area (Å²) in [5.74, 6) is 2.02. The average molecular weight is 577 g/mol. The van der Waals surface area contributed by atoms with Crippen molar-refractivity contribution in [2.24, 2.45) is 0 Å².